The zero-order chi connectivity index (χ0) is 17.1. The van der Waals surface area contributed by atoms with Crippen LogP contribution in [0.2, 0.25) is 10.0 Å². The molecule has 1 aromatic carbocycles. The lowest BCUT2D eigenvalue weighted by atomic mass is 9.99. The minimum Gasteiger partial charge on any atom is -0.355 e. The van der Waals surface area contributed by atoms with Crippen LogP contribution >= 0.6 is 23.2 Å². The first kappa shape index (κ1) is 17.5. The van der Waals surface area contributed by atoms with Crippen LogP contribution in [0.5, 0.6) is 0 Å². The molecule has 2 aliphatic heterocycles. The number of nitrogens with zero attached hydrogens (tertiary/aromatic N) is 1. The molecule has 0 spiro atoms. The quantitative estimate of drug-likeness (QED) is 0.801. The molecule has 2 unspecified atom stereocenters. The van der Waals surface area contributed by atoms with E-state index >= 15 is 0 Å². The van der Waals surface area contributed by atoms with Gasteiger partial charge in [0.2, 0.25) is 11.8 Å². The molecule has 1 aromatic rings. The summed E-state index contributed by atoms with van der Waals surface area (Å²) in [6.07, 6.45) is 2.77. The zero-order valence-corrected chi connectivity index (χ0v) is 14.9. The van der Waals surface area contributed by atoms with Crippen LogP contribution in [-0.4, -0.2) is 38.0 Å². The molecule has 2 fully saturated rings. The SMILES string of the molecule is O=C(NCC1CCCNC1)C1CCN(c2ccc(Cl)c(Cl)c2)C1=O. The first-order valence-electron chi connectivity index (χ1n) is 8.31. The van der Waals surface area contributed by atoms with Crippen molar-refractivity contribution in [1.29, 1.82) is 0 Å². The van der Waals surface area contributed by atoms with Gasteiger partial charge in [-0.25, -0.2) is 0 Å². The van der Waals surface area contributed by atoms with Crippen LogP contribution in [-0.2, 0) is 9.59 Å². The molecule has 2 N–H and O–H groups in total. The molecule has 0 bridgehead atoms. The van der Waals surface area contributed by atoms with E-state index in [2.05, 4.69) is 10.6 Å². The standard InChI is InChI=1S/C17H21Cl2N3O2/c18-14-4-3-12(8-15(14)19)22-7-5-13(17(22)24)16(23)21-10-11-2-1-6-20-9-11/h3-4,8,11,13,20H,1-2,5-7,9-10H2,(H,21,23). The van der Waals surface area contributed by atoms with Crippen molar-refractivity contribution in [1.82, 2.24) is 10.6 Å². The Balaban J connectivity index is 1.58. The summed E-state index contributed by atoms with van der Waals surface area (Å²) in [5, 5.41) is 7.12. The molecule has 2 aliphatic rings. The molecule has 7 heteroatoms. The van der Waals surface area contributed by atoms with E-state index in [1.807, 2.05) is 0 Å². The third-order valence-electron chi connectivity index (χ3n) is 4.70. The summed E-state index contributed by atoms with van der Waals surface area (Å²) in [7, 11) is 0. The van der Waals surface area contributed by atoms with Crippen molar-refractivity contribution in [2.45, 2.75) is 19.3 Å². The highest BCUT2D eigenvalue weighted by molar-refractivity contribution is 6.42. The number of carbonyl (C=O) groups is 2. The summed E-state index contributed by atoms with van der Waals surface area (Å²) in [5.74, 6) is -0.512. The van der Waals surface area contributed by atoms with Gasteiger partial charge in [-0.3, -0.25) is 9.59 Å². The summed E-state index contributed by atoms with van der Waals surface area (Å²) < 4.78 is 0. The van der Waals surface area contributed by atoms with E-state index in [-0.39, 0.29) is 11.8 Å². The number of piperidine rings is 1. The van der Waals surface area contributed by atoms with Gasteiger partial charge < -0.3 is 15.5 Å². The number of halogens is 2. The third kappa shape index (κ3) is 3.85. The van der Waals surface area contributed by atoms with Gasteiger partial charge in [-0.2, -0.15) is 0 Å². The molecule has 5 nitrogen and oxygen atoms in total. The fourth-order valence-electron chi connectivity index (χ4n) is 3.30. The van der Waals surface area contributed by atoms with E-state index in [0.717, 1.165) is 25.9 Å². The zero-order valence-electron chi connectivity index (χ0n) is 13.4. The molecule has 0 radical (unpaired) electrons. The van der Waals surface area contributed by atoms with Gasteiger partial charge in [-0.1, -0.05) is 23.2 Å². The monoisotopic (exact) mass is 369 g/mol. The van der Waals surface area contributed by atoms with Crippen LogP contribution in [0.25, 0.3) is 0 Å². The summed E-state index contributed by atoms with van der Waals surface area (Å²) in [4.78, 5) is 26.5. The van der Waals surface area contributed by atoms with Crippen LogP contribution in [0.1, 0.15) is 19.3 Å². The Morgan fingerprint density at radius 2 is 2.12 bits per heavy atom. The van der Waals surface area contributed by atoms with Gasteiger partial charge in [-0.05, 0) is 56.5 Å². The number of hydrogen-bond acceptors (Lipinski definition) is 3. The first-order chi connectivity index (χ1) is 11.6. The normalized spacial score (nSPS) is 24.2. The molecule has 3 rings (SSSR count). The Morgan fingerprint density at radius 3 is 2.83 bits per heavy atom. The topological polar surface area (TPSA) is 61.4 Å². The van der Waals surface area contributed by atoms with E-state index in [0.29, 0.717) is 41.2 Å². The molecule has 2 saturated heterocycles. The van der Waals surface area contributed by atoms with Crippen molar-refractivity contribution in [3.05, 3.63) is 28.2 Å². The fraction of sp³-hybridized carbons (Fsp3) is 0.529. The molecule has 2 amide bonds. The van der Waals surface area contributed by atoms with Gasteiger partial charge >= 0.3 is 0 Å². The lowest BCUT2D eigenvalue weighted by Gasteiger charge is -2.23. The Labute approximate surface area is 151 Å². The van der Waals surface area contributed by atoms with Crippen LogP contribution in [0.15, 0.2) is 18.2 Å². The van der Waals surface area contributed by atoms with Crippen LogP contribution in [0.3, 0.4) is 0 Å². The summed E-state index contributed by atoms with van der Waals surface area (Å²) >= 11 is 11.9. The smallest absolute Gasteiger partial charge is 0.239 e. The maximum Gasteiger partial charge on any atom is 0.239 e. The van der Waals surface area contributed by atoms with Crippen LogP contribution in [0, 0.1) is 11.8 Å². The van der Waals surface area contributed by atoms with Gasteiger partial charge in [0.25, 0.3) is 0 Å². The Morgan fingerprint density at radius 1 is 1.29 bits per heavy atom. The van der Waals surface area contributed by atoms with Gasteiger partial charge in [-0.15, -0.1) is 0 Å². The molecular weight excluding hydrogens is 349 g/mol. The van der Waals surface area contributed by atoms with E-state index in [9.17, 15) is 9.59 Å². The minimum atomic E-state index is -0.615. The number of rotatable bonds is 4. The second kappa shape index (κ2) is 7.72. The number of benzene rings is 1. The fourth-order valence-corrected chi connectivity index (χ4v) is 3.59. The molecule has 0 aromatic heterocycles. The van der Waals surface area contributed by atoms with Crippen LogP contribution < -0.4 is 15.5 Å². The van der Waals surface area contributed by atoms with Crippen LogP contribution in [0.4, 0.5) is 5.69 Å². The van der Waals surface area contributed by atoms with Crippen molar-refractivity contribution in [3.63, 3.8) is 0 Å². The average Bonchev–Trinajstić information content (AvgIpc) is 2.98. The molecule has 0 saturated carbocycles. The van der Waals surface area contributed by atoms with Gasteiger partial charge in [0.1, 0.15) is 5.92 Å². The average molecular weight is 370 g/mol. The molecule has 2 heterocycles. The highest BCUT2D eigenvalue weighted by Crippen LogP contribution is 2.31. The maximum atomic E-state index is 12.6. The second-order valence-corrected chi connectivity index (χ2v) is 7.20. The lowest BCUT2D eigenvalue weighted by Crippen LogP contribution is -2.42. The number of hydrogen-bond donors (Lipinski definition) is 2. The van der Waals surface area contributed by atoms with Crippen molar-refractivity contribution >= 4 is 40.7 Å². The van der Waals surface area contributed by atoms with E-state index in [4.69, 9.17) is 23.2 Å². The number of carbonyl (C=O) groups excluding carboxylic acids is 2. The summed E-state index contributed by atoms with van der Waals surface area (Å²) in [6.45, 7) is 3.11. The molecule has 24 heavy (non-hydrogen) atoms. The Hall–Kier alpha value is -1.30. The first-order valence-corrected chi connectivity index (χ1v) is 9.06. The van der Waals surface area contributed by atoms with Gasteiger partial charge in [0, 0.05) is 18.8 Å². The second-order valence-electron chi connectivity index (χ2n) is 6.39. The van der Waals surface area contributed by atoms with Crippen molar-refractivity contribution < 1.29 is 9.59 Å². The number of anilines is 1. The van der Waals surface area contributed by atoms with Crippen molar-refractivity contribution in [3.8, 4) is 0 Å². The highest BCUT2D eigenvalue weighted by Gasteiger charge is 2.37. The molecule has 0 aliphatic carbocycles. The highest BCUT2D eigenvalue weighted by atomic mass is 35.5. The van der Waals surface area contributed by atoms with E-state index < -0.39 is 5.92 Å². The van der Waals surface area contributed by atoms with Crippen molar-refractivity contribution in [2.75, 3.05) is 31.1 Å². The summed E-state index contributed by atoms with van der Waals surface area (Å²) in [6, 6.07) is 5.08. The largest absolute Gasteiger partial charge is 0.355 e. The lowest BCUT2D eigenvalue weighted by molar-refractivity contribution is -0.132. The number of nitrogens with one attached hydrogen (secondary N) is 2. The predicted molar refractivity (Wildman–Crippen MR) is 95.5 cm³/mol. The van der Waals surface area contributed by atoms with Crippen molar-refractivity contribution in [2.24, 2.45) is 11.8 Å². The Kier molecular flexibility index (Phi) is 5.64. The van der Waals surface area contributed by atoms with E-state index in [1.165, 1.54) is 0 Å². The number of amides is 2. The summed E-state index contributed by atoms with van der Waals surface area (Å²) in [5.41, 5.74) is 0.682. The maximum absolute atomic E-state index is 12.6. The minimum absolute atomic E-state index is 0.173. The van der Waals surface area contributed by atoms with Gasteiger partial charge in [0.15, 0.2) is 0 Å². The van der Waals surface area contributed by atoms with E-state index in [1.54, 1.807) is 23.1 Å². The van der Waals surface area contributed by atoms with Gasteiger partial charge in [0.05, 0.1) is 10.0 Å². The molecular formula is C17H21Cl2N3O2. The molecule has 2 atom stereocenters. The Bertz CT molecular complexity index is 632. The third-order valence-corrected chi connectivity index (χ3v) is 5.44. The molecule has 130 valence electrons. The predicted octanol–water partition coefficient (Wildman–Crippen LogP) is 2.46.